The second kappa shape index (κ2) is 11.3. The number of methoxy groups -OCH3 is 1. The first-order valence-corrected chi connectivity index (χ1v) is 13.0. The average Bonchev–Trinajstić information content (AvgIpc) is 3.36. The lowest BCUT2D eigenvalue weighted by atomic mass is 9.97. The number of unbranched alkanes of at least 4 members (excludes halogenated alkanes) is 1. The number of rotatable bonds is 10. The molecule has 0 saturated carbocycles. The molecule has 190 valence electrons. The molecule has 0 radical (unpaired) electrons. The minimum atomic E-state index is -0.835. The first-order valence-electron chi connectivity index (χ1n) is 13.0. The van der Waals surface area contributed by atoms with Gasteiger partial charge in [0.25, 0.3) is 0 Å². The number of pyridine rings is 1. The van der Waals surface area contributed by atoms with Crippen LogP contribution in [0.5, 0.6) is 5.75 Å². The topological polar surface area (TPSA) is 83.9 Å². The smallest absolute Gasteiger partial charge is 0.325 e. The van der Waals surface area contributed by atoms with Crippen LogP contribution in [0.15, 0.2) is 48.5 Å². The molecule has 5 rings (SSSR count). The van der Waals surface area contributed by atoms with E-state index in [1.165, 1.54) is 12.0 Å². The number of hydrogen-bond donors (Lipinski definition) is 2. The fraction of sp³-hybridized carbons (Fsp3) is 0.448. The van der Waals surface area contributed by atoms with Crippen LogP contribution in [0.4, 0.5) is 5.82 Å². The van der Waals surface area contributed by atoms with E-state index in [1.54, 1.807) is 7.11 Å². The highest BCUT2D eigenvalue weighted by Crippen LogP contribution is 2.35. The quantitative estimate of drug-likeness (QED) is 0.394. The predicted octanol–water partition coefficient (Wildman–Crippen LogP) is 4.84. The van der Waals surface area contributed by atoms with Gasteiger partial charge >= 0.3 is 5.97 Å². The number of aliphatic carboxylic acids is 1. The fourth-order valence-corrected chi connectivity index (χ4v) is 5.50. The van der Waals surface area contributed by atoms with Crippen molar-refractivity contribution in [2.75, 3.05) is 38.7 Å². The number of anilines is 1. The summed E-state index contributed by atoms with van der Waals surface area (Å²) in [5.41, 5.74) is 3.25. The molecule has 0 spiro atoms. The van der Waals surface area contributed by atoms with Gasteiger partial charge in [-0.05, 0) is 67.2 Å². The Morgan fingerprint density at radius 3 is 2.89 bits per heavy atom. The van der Waals surface area contributed by atoms with Crippen molar-refractivity contribution >= 4 is 22.6 Å². The van der Waals surface area contributed by atoms with E-state index in [2.05, 4.69) is 17.4 Å². The molecule has 3 heterocycles. The van der Waals surface area contributed by atoms with E-state index in [0.717, 1.165) is 72.2 Å². The molecule has 1 fully saturated rings. The Bertz CT molecular complexity index is 1210. The number of carboxylic acids is 1. The number of aromatic nitrogens is 1. The number of aryl methyl sites for hydroxylation is 2. The lowest BCUT2D eigenvalue weighted by Crippen LogP contribution is -2.33. The molecule has 2 aromatic carbocycles. The minimum absolute atomic E-state index is 0.0578. The lowest BCUT2D eigenvalue weighted by Gasteiger charge is -2.26. The number of likely N-dealkylation sites (tertiary alicyclic amines) is 1. The largest absolute Gasteiger partial charge is 0.496 e. The first-order chi connectivity index (χ1) is 17.6. The summed E-state index contributed by atoms with van der Waals surface area (Å²) in [7, 11) is 1.64. The van der Waals surface area contributed by atoms with Crippen molar-refractivity contribution in [3.8, 4) is 5.75 Å². The molecule has 0 aliphatic carbocycles. The summed E-state index contributed by atoms with van der Waals surface area (Å²) in [5, 5.41) is 15.4. The number of fused-ring (bicyclic) bond motifs is 2. The lowest BCUT2D eigenvalue weighted by molar-refractivity contribution is -0.143. The van der Waals surface area contributed by atoms with Gasteiger partial charge in [0, 0.05) is 37.3 Å². The molecule has 2 atom stereocenters. The molecule has 1 unspecified atom stereocenters. The van der Waals surface area contributed by atoms with Crippen LogP contribution in [0.1, 0.15) is 48.5 Å². The van der Waals surface area contributed by atoms with Crippen LogP contribution in [0.25, 0.3) is 10.8 Å². The minimum Gasteiger partial charge on any atom is -0.496 e. The third-order valence-corrected chi connectivity index (χ3v) is 7.34. The molecule has 0 amide bonds. The van der Waals surface area contributed by atoms with E-state index >= 15 is 0 Å². The summed E-state index contributed by atoms with van der Waals surface area (Å²) in [4.78, 5) is 19.2. The summed E-state index contributed by atoms with van der Waals surface area (Å²) < 4.78 is 11.7. The second-order valence-corrected chi connectivity index (χ2v) is 9.72. The standard InChI is InChI=1S/C29H35N3O4/c1-35-26-12-5-9-23-24(26)10-4-11-25(23)27(29(33)34)32-17-15-22(19-32)36-18-3-2-8-21-14-13-20-7-6-16-30-28(20)31-21/h4-5,9-14,22,27H,2-3,6-8,15-19H2,1H3,(H,30,31)(H,33,34)/t22-,27?/m1/s1. The van der Waals surface area contributed by atoms with Crippen molar-refractivity contribution in [2.45, 2.75) is 50.7 Å². The second-order valence-electron chi connectivity index (χ2n) is 9.72. The Morgan fingerprint density at radius 2 is 2.03 bits per heavy atom. The van der Waals surface area contributed by atoms with Crippen LogP contribution in [-0.4, -0.2) is 60.4 Å². The van der Waals surface area contributed by atoms with Gasteiger partial charge in [-0.15, -0.1) is 0 Å². The maximum absolute atomic E-state index is 12.4. The van der Waals surface area contributed by atoms with Crippen molar-refractivity contribution in [2.24, 2.45) is 0 Å². The Balaban J connectivity index is 1.14. The van der Waals surface area contributed by atoms with Crippen molar-refractivity contribution in [1.29, 1.82) is 0 Å². The molecule has 7 heteroatoms. The molecule has 2 aliphatic rings. The number of nitrogens with zero attached hydrogens (tertiary/aromatic N) is 2. The van der Waals surface area contributed by atoms with Crippen molar-refractivity contribution in [3.05, 3.63) is 65.4 Å². The third-order valence-electron chi connectivity index (χ3n) is 7.34. The fourth-order valence-electron chi connectivity index (χ4n) is 5.50. The predicted molar refractivity (Wildman–Crippen MR) is 141 cm³/mol. The van der Waals surface area contributed by atoms with E-state index in [0.29, 0.717) is 19.7 Å². The molecule has 1 saturated heterocycles. The zero-order valence-electron chi connectivity index (χ0n) is 20.9. The number of nitrogens with one attached hydrogen (secondary N) is 1. The summed E-state index contributed by atoms with van der Waals surface area (Å²) in [6.07, 6.45) is 6.12. The number of carbonyl (C=O) groups is 1. The zero-order chi connectivity index (χ0) is 24.9. The first kappa shape index (κ1) is 24.5. The van der Waals surface area contributed by atoms with Crippen LogP contribution >= 0.6 is 0 Å². The highest BCUT2D eigenvalue weighted by molar-refractivity contribution is 5.94. The molecule has 7 nitrogen and oxygen atoms in total. The van der Waals surface area contributed by atoms with E-state index in [4.69, 9.17) is 14.5 Å². The molecular formula is C29H35N3O4. The van der Waals surface area contributed by atoms with Crippen LogP contribution < -0.4 is 10.1 Å². The van der Waals surface area contributed by atoms with Gasteiger partial charge in [-0.3, -0.25) is 9.69 Å². The monoisotopic (exact) mass is 489 g/mol. The molecule has 0 bridgehead atoms. The van der Waals surface area contributed by atoms with Crippen LogP contribution in [-0.2, 0) is 22.4 Å². The zero-order valence-corrected chi connectivity index (χ0v) is 20.9. The average molecular weight is 490 g/mol. The van der Waals surface area contributed by atoms with E-state index in [9.17, 15) is 9.90 Å². The van der Waals surface area contributed by atoms with E-state index in [-0.39, 0.29) is 6.10 Å². The molecule has 2 aliphatic heterocycles. The van der Waals surface area contributed by atoms with E-state index in [1.807, 2.05) is 41.3 Å². The Labute approximate surface area is 212 Å². The molecule has 1 aromatic heterocycles. The van der Waals surface area contributed by atoms with Gasteiger partial charge < -0.3 is 19.9 Å². The summed E-state index contributed by atoms with van der Waals surface area (Å²) >= 11 is 0. The molecular weight excluding hydrogens is 454 g/mol. The normalized spacial score (nSPS) is 18.5. The number of hydrogen-bond acceptors (Lipinski definition) is 6. The molecule has 3 aromatic rings. The van der Waals surface area contributed by atoms with Crippen molar-refractivity contribution in [3.63, 3.8) is 0 Å². The number of ether oxygens (including phenoxy) is 2. The highest BCUT2D eigenvalue weighted by atomic mass is 16.5. The van der Waals surface area contributed by atoms with Gasteiger partial charge in [-0.25, -0.2) is 4.98 Å². The molecule has 36 heavy (non-hydrogen) atoms. The maximum Gasteiger partial charge on any atom is 0.325 e. The van der Waals surface area contributed by atoms with Gasteiger partial charge in [0.1, 0.15) is 17.6 Å². The number of carboxylic acid groups (broad SMARTS) is 1. The Hall–Kier alpha value is -3.16. The van der Waals surface area contributed by atoms with Crippen LogP contribution in [0, 0.1) is 0 Å². The van der Waals surface area contributed by atoms with Gasteiger partial charge in [0.2, 0.25) is 0 Å². The summed E-state index contributed by atoms with van der Waals surface area (Å²) in [5.74, 6) is 0.972. The van der Waals surface area contributed by atoms with Crippen molar-refractivity contribution < 1.29 is 19.4 Å². The number of benzene rings is 2. The van der Waals surface area contributed by atoms with Gasteiger partial charge in [0.15, 0.2) is 0 Å². The van der Waals surface area contributed by atoms with E-state index < -0.39 is 12.0 Å². The summed E-state index contributed by atoms with van der Waals surface area (Å²) in [6, 6.07) is 15.2. The Kier molecular flexibility index (Phi) is 7.68. The highest BCUT2D eigenvalue weighted by Gasteiger charge is 2.35. The van der Waals surface area contributed by atoms with Crippen molar-refractivity contribution in [1.82, 2.24) is 9.88 Å². The maximum atomic E-state index is 12.4. The van der Waals surface area contributed by atoms with Gasteiger partial charge in [-0.2, -0.15) is 0 Å². The Morgan fingerprint density at radius 1 is 1.17 bits per heavy atom. The molecule has 2 N–H and O–H groups in total. The van der Waals surface area contributed by atoms with Gasteiger partial charge in [-0.1, -0.05) is 36.4 Å². The van der Waals surface area contributed by atoms with Gasteiger partial charge in [0.05, 0.1) is 13.2 Å². The summed E-state index contributed by atoms with van der Waals surface area (Å²) in [6.45, 7) is 3.02. The SMILES string of the molecule is COc1cccc2c(C(C(=O)O)N3CC[C@@H](OCCCCc4ccc5c(n4)NCCC5)C3)cccc12. The third kappa shape index (κ3) is 5.32. The van der Waals surface area contributed by atoms with Crippen LogP contribution in [0.2, 0.25) is 0 Å². The van der Waals surface area contributed by atoms with Crippen LogP contribution in [0.3, 0.4) is 0 Å².